The van der Waals surface area contributed by atoms with E-state index in [0.29, 0.717) is 5.69 Å². The van der Waals surface area contributed by atoms with Crippen LogP contribution in [0.3, 0.4) is 0 Å². The Balaban J connectivity index is 1.91. The van der Waals surface area contributed by atoms with Crippen LogP contribution in [0.4, 0.5) is 11.4 Å². The Morgan fingerprint density at radius 2 is 1.76 bits per heavy atom. The summed E-state index contributed by atoms with van der Waals surface area (Å²) in [6.45, 7) is 1.68. The lowest BCUT2D eigenvalue weighted by Gasteiger charge is -2.24. The smallest absolute Gasteiger partial charge is 0.293 e. The normalized spacial score (nSPS) is 14.3. The first kappa shape index (κ1) is 20.5. The van der Waals surface area contributed by atoms with Crippen molar-refractivity contribution >= 4 is 23.1 Å². The largest absolute Gasteiger partial charge is 0.372 e. The van der Waals surface area contributed by atoms with E-state index in [1.807, 2.05) is 0 Å². The number of nitro groups is 1. The van der Waals surface area contributed by atoms with Gasteiger partial charge in [0, 0.05) is 37.3 Å². The highest BCUT2D eigenvalue weighted by Crippen LogP contribution is 2.29. The van der Waals surface area contributed by atoms with Crippen LogP contribution in [0.5, 0.6) is 0 Å². The predicted molar refractivity (Wildman–Crippen MR) is 111 cm³/mol. The van der Waals surface area contributed by atoms with Gasteiger partial charge in [0.2, 0.25) is 0 Å². The third-order valence-electron chi connectivity index (χ3n) is 5.01. The average Bonchev–Trinajstić information content (AvgIpc) is 2.73. The molecule has 1 heterocycles. The van der Waals surface area contributed by atoms with Crippen molar-refractivity contribution in [1.29, 1.82) is 0 Å². The van der Waals surface area contributed by atoms with E-state index in [0.717, 1.165) is 25.9 Å². The molecule has 0 radical (unpaired) electrons. The van der Waals surface area contributed by atoms with Gasteiger partial charge in [0.1, 0.15) is 5.69 Å². The molecule has 1 fully saturated rings. The highest BCUT2D eigenvalue weighted by atomic mass is 16.6. The monoisotopic (exact) mass is 396 g/mol. The second kappa shape index (κ2) is 8.83. The van der Waals surface area contributed by atoms with Crippen LogP contribution in [0.1, 0.15) is 39.1 Å². The van der Waals surface area contributed by atoms with E-state index in [4.69, 9.17) is 0 Å². The summed E-state index contributed by atoms with van der Waals surface area (Å²) < 4.78 is 0. The van der Waals surface area contributed by atoms with Crippen molar-refractivity contribution in [2.45, 2.75) is 18.9 Å². The first-order chi connectivity index (χ1) is 13.9. The summed E-state index contributed by atoms with van der Waals surface area (Å²) in [5.74, 6) is -0.727. The molecule has 0 atom stereocenters. The minimum absolute atomic E-state index is 0.0624. The van der Waals surface area contributed by atoms with Gasteiger partial charge >= 0.3 is 0 Å². The number of rotatable bonds is 6. The van der Waals surface area contributed by atoms with E-state index in [9.17, 15) is 19.7 Å². The Morgan fingerprint density at radius 1 is 1.10 bits per heavy atom. The number of nitrogens with one attached hydrogen (secondary N) is 2. The molecule has 0 unspecified atom stereocenters. The molecule has 1 amide bonds. The van der Waals surface area contributed by atoms with Crippen molar-refractivity contribution in [3.05, 3.63) is 69.3 Å². The fourth-order valence-corrected chi connectivity index (χ4v) is 3.45. The molecule has 1 aliphatic heterocycles. The molecule has 1 saturated heterocycles. The lowest BCUT2D eigenvalue weighted by atomic mass is 9.96. The molecular weight excluding hydrogens is 372 g/mol. The van der Waals surface area contributed by atoms with Gasteiger partial charge in [-0.05, 0) is 44.1 Å². The molecule has 152 valence electrons. The number of nitro benzene ring substituents is 1. The molecule has 8 nitrogen and oxygen atoms in total. The van der Waals surface area contributed by atoms with Crippen molar-refractivity contribution in [3.8, 4) is 0 Å². The van der Waals surface area contributed by atoms with Gasteiger partial charge in [-0.15, -0.1) is 0 Å². The standard InChI is InChI=1S/C21H24N4O4/c1-24(2)18-8-7-14(13-19(18)25(28)29)20(26)16-5-3-4-6-17(16)21(27)23-15-9-11-22-12-10-15/h3-8,13,15,22H,9-12H2,1-2H3,(H,23,27). The van der Waals surface area contributed by atoms with E-state index >= 15 is 0 Å². The van der Waals surface area contributed by atoms with Crippen LogP contribution in [0.15, 0.2) is 42.5 Å². The Labute approximate surface area is 169 Å². The number of benzene rings is 2. The molecule has 3 rings (SSSR count). The zero-order valence-electron chi connectivity index (χ0n) is 16.5. The predicted octanol–water partition coefficient (Wildman–Crippen LogP) is 2.37. The van der Waals surface area contributed by atoms with Gasteiger partial charge in [0.25, 0.3) is 11.6 Å². The topological polar surface area (TPSA) is 105 Å². The number of hydrogen-bond donors (Lipinski definition) is 2. The molecule has 29 heavy (non-hydrogen) atoms. The second-order valence-corrected chi connectivity index (χ2v) is 7.23. The summed E-state index contributed by atoms with van der Waals surface area (Å²) in [6.07, 6.45) is 1.67. The second-order valence-electron chi connectivity index (χ2n) is 7.23. The molecule has 0 bridgehead atoms. The van der Waals surface area contributed by atoms with Crippen LogP contribution in [0, 0.1) is 10.1 Å². The van der Waals surface area contributed by atoms with E-state index < -0.39 is 10.7 Å². The molecule has 2 aromatic rings. The number of nitrogens with zero attached hydrogens (tertiary/aromatic N) is 2. The van der Waals surface area contributed by atoms with Crippen LogP contribution in [0.25, 0.3) is 0 Å². The highest BCUT2D eigenvalue weighted by Gasteiger charge is 2.24. The Morgan fingerprint density at radius 3 is 2.38 bits per heavy atom. The maximum Gasteiger partial charge on any atom is 0.293 e. The summed E-state index contributed by atoms with van der Waals surface area (Å²) in [5.41, 5.74) is 0.923. The summed E-state index contributed by atoms with van der Waals surface area (Å²) in [7, 11) is 3.40. The van der Waals surface area contributed by atoms with Gasteiger partial charge in [0.05, 0.1) is 10.5 Å². The number of carbonyl (C=O) groups excluding carboxylic acids is 2. The number of carbonyl (C=O) groups is 2. The first-order valence-corrected chi connectivity index (χ1v) is 9.49. The number of amides is 1. The maximum absolute atomic E-state index is 13.1. The Kier molecular flexibility index (Phi) is 6.23. The van der Waals surface area contributed by atoms with Crippen molar-refractivity contribution in [2.75, 3.05) is 32.1 Å². The average molecular weight is 396 g/mol. The molecule has 0 aliphatic carbocycles. The lowest BCUT2D eigenvalue weighted by Crippen LogP contribution is -2.43. The summed E-state index contributed by atoms with van der Waals surface area (Å²) in [4.78, 5) is 38.4. The van der Waals surface area contributed by atoms with Crippen molar-refractivity contribution in [3.63, 3.8) is 0 Å². The van der Waals surface area contributed by atoms with Crippen LogP contribution in [-0.2, 0) is 0 Å². The van der Waals surface area contributed by atoms with Crippen LogP contribution >= 0.6 is 0 Å². The lowest BCUT2D eigenvalue weighted by molar-refractivity contribution is -0.384. The van der Waals surface area contributed by atoms with Gasteiger partial charge in [-0.2, -0.15) is 0 Å². The minimum Gasteiger partial charge on any atom is -0.372 e. The molecule has 2 aromatic carbocycles. The molecular formula is C21H24N4O4. The van der Waals surface area contributed by atoms with E-state index in [-0.39, 0.29) is 34.3 Å². The summed E-state index contributed by atoms with van der Waals surface area (Å²) in [6, 6.07) is 11.0. The van der Waals surface area contributed by atoms with Gasteiger partial charge in [-0.3, -0.25) is 19.7 Å². The van der Waals surface area contributed by atoms with Crippen LogP contribution in [-0.4, -0.2) is 49.8 Å². The number of piperidine rings is 1. The van der Waals surface area contributed by atoms with Gasteiger partial charge in [-0.1, -0.05) is 18.2 Å². The quantitative estimate of drug-likeness (QED) is 0.441. The Hall–Kier alpha value is -3.26. The third kappa shape index (κ3) is 4.60. The first-order valence-electron chi connectivity index (χ1n) is 9.49. The Bertz CT molecular complexity index is 936. The molecule has 1 aliphatic rings. The molecule has 0 saturated carbocycles. The van der Waals surface area contributed by atoms with Crippen molar-refractivity contribution < 1.29 is 14.5 Å². The molecule has 0 spiro atoms. The van der Waals surface area contributed by atoms with Crippen molar-refractivity contribution in [1.82, 2.24) is 10.6 Å². The third-order valence-corrected chi connectivity index (χ3v) is 5.01. The van der Waals surface area contributed by atoms with E-state index in [2.05, 4.69) is 10.6 Å². The van der Waals surface area contributed by atoms with Gasteiger partial charge in [-0.25, -0.2) is 0 Å². The zero-order valence-corrected chi connectivity index (χ0v) is 16.5. The fourth-order valence-electron chi connectivity index (χ4n) is 3.45. The molecule has 8 heteroatoms. The van der Waals surface area contributed by atoms with Gasteiger partial charge < -0.3 is 15.5 Å². The van der Waals surface area contributed by atoms with Crippen LogP contribution in [0.2, 0.25) is 0 Å². The fraction of sp³-hybridized carbons (Fsp3) is 0.333. The number of anilines is 1. The SMILES string of the molecule is CN(C)c1ccc(C(=O)c2ccccc2C(=O)NC2CCNCC2)cc1[N+](=O)[O-]. The molecule has 2 N–H and O–H groups in total. The molecule has 0 aromatic heterocycles. The van der Waals surface area contributed by atoms with Gasteiger partial charge in [0.15, 0.2) is 5.78 Å². The minimum atomic E-state index is -0.512. The summed E-state index contributed by atoms with van der Waals surface area (Å²) >= 11 is 0. The summed E-state index contributed by atoms with van der Waals surface area (Å²) in [5, 5.41) is 17.7. The van der Waals surface area contributed by atoms with Crippen molar-refractivity contribution in [2.24, 2.45) is 0 Å². The van der Waals surface area contributed by atoms with Crippen LogP contribution < -0.4 is 15.5 Å². The maximum atomic E-state index is 13.1. The zero-order chi connectivity index (χ0) is 21.0. The highest BCUT2D eigenvalue weighted by molar-refractivity contribution is 6.15. The van der Waals surface area contributed by atoms with E-state index in [1.165, 1.54) is 6.07 Å². The number of ketones is 1. The van der Waals surface area contributed by atoms with E-state index in [1.54, 1.807) is 55.4 Å². The number of hydrogen-bond acceptors (Lipinski definition) is 6.